The van der Waals surface area contributed by atoms with Crippen LogP contribution in [-0.4, -0.2) is 114 Å². The summed E-state index contributed by atoms with van der Waals surface area (Å²) < 4.78 is 16.9. The number of halogens is 1. The van der Waals surface area contributed by atoms with Gasteiger partial charge in [-0.05, 0) is 80.5 Å². The van der Waals surface area contributed by atoms with Crippen molar-refractivity contribution in [3.63, 3.8) is 0 Å². The summed E-state index contributed by atoms with van der Waals surface area (Å²) in [6.45, 7) is 10.2. The average molecular weight is 867 g/mol. The fraction of sp³-hybridized carbons (Fsp3) is 0.609. The molecule has 3 aromatic rings. The van der Waals surface area contributed by atoms with Gasteiger partial charge in [-0.2, -0.15) is 0 Å². The number of rotatable bonds is 16. The summed E-state index contributed by atoms with van der Waals surface area (Å²) in [6.07, 6.45) is 13.7. The Balaban J connectivity index is 0.000000202. The highest BCUT2D eigenvalue weighted by atomic mass is 35.5. The van der Waals surface area contributed by atoms with E-state index >= 15 is 0 Å². The smallest absolute Gasteiger partial charge is 0.273 e. The first-order valence-electron chi connectivity index (χ1n) is 22.1. The lowest BCUT2D eigenvalue weighted by atomic mass is 9.89. The highest BCUT2D eigenvalue weighted by Crippen LogP contribution is 2.40. The average Bonchev–Trinajstić information content (AvgIpc) is 3.98. The predicted molar refractivity (Wildman–Crippen MR) is 236 cm³/mol. The van der Waals surface area contributed by atoms with Crippen molar-refractivity contribution >= 4 is 46.3 Å². The number of hydrogen-bond donors (Lipinski definition) is 2. The topological polar surface area (TPSA) is 134 Å². The number of nitrogens with one attached hydrogen (secondary N) is 1. The van der Waals surface area contributed by atoms with Gasteiger partial charge in [-0.15, -0.1) is 11.3 Å². The molecule has 2 aromatic carbocycles. The van der Waals surface area contributed by atoms with E-state index in [1.165, 1.54) is 24.0 Å². The van der Waals surface area contributed by atoms with Crippen molar-refractivity contribution in [1.29, 1.82) is 0 Å². The molecule has 12 nitrogen and oxygen atoms in total. The van der Waals surface area contributed by atoms with Crippen molar-refractivity contribution in [2.45, 2.75) is 122 Å². The van der Waals surface area contributed by atoms with Crippen molar-refractivity contribution in [3.05, 3.63) is 68.1 Å². The molecule has 3 fully saturated rings. The van der Waals surface area contributed by atoms with Crippen molar-refractivity contribution in [2.24, 2.45) is 0 Å². The van der Waals surface area contributed by atoms with Gasteiger partial charge in [0, 0.05) is 56.3 Å². The third-order valence-corrected chi connectivity index (χ3v) is 13.7. The number of thiazole rings is 1. The largest absolute Gasteiger partial charge is 0.506 e. The van der Waals surface area contributed by atoms with Gasteiger partial charge in [-0.3, -0.25) is 19.3 Å². The number of benzene rings is 2. The number of carbonyl (C=O) groups excluding carboxylic acids is 3. The number of piperidine rings is 1. The summed E-state index contributed by atoms with van der Waals surface area (Å²) in [5.41, 5.74) is 4.16. The Morgan fingerprint density at radius 1 is 1.05 bits per heavy atom. The number of anilines is 1. The number of unbranched alkanes of at least 4 members (excludes halogenated alkanes) is 2. The van der Waals surface area contributed by atoms with E-state index in [-0.39, 0.29) is 35.7 Å². The molecule has 1 saturated carbocycles. The quantitative estimate of drug-likeness (QED) is 0.108. The Morgan fingerprint density at radius 2 is 1.83 bits per heavy atom. The number of phenols is 1. The van der Waals surface area contributed by atoms with Crippen LogP contribution < -0.4 is 10.1 Å². The lowest BCUT2D eigenvalue weighted by Gasteiger charge is -2.47. The summed E-state index contributed by atoms with van der Waals surface area (Å²) in [5, 5.41) is 16.5. The first kappa shape index (κ1) is 45.8. The third kappa shape index (κ3) is 12.0. The molecule has 328 valence electrons. The van der Waals surface area contributed by atoms with Crippen LogP contribution in [0.15, 0.2) is 35.7 Å². The number of methoxy groups -OCH3 is 1. The minimum Gasteiger partial charge on any atom is -0.506 e. The van der Waals surface area contributed by atoms with Crippen LogP contribution >= 0.6 is 22.9 Å². The summed E-state index contributed by atoms with van der Waals surface area (Å²) in [5.74, 6) is 0.594. The van der Waals surface area contributed by atoms with E-state index in [1.54, 1.807) is 24.5 Å². The van der Waals surface area contributed by atoms with E-state index in [0.29, 0.717) is 55.9 Å². The molecule has 4 aliphatic rings. The second-order valence-electron chi connectivity index (χ2n) is 16.5. The number of nitrogens with zero attached hydrogens (tertiary/aromatic N) is 4. The van der Waals surface area contributed by atoms with Gasteiger partial charge < -0.3 is 34.4 Å². The van der Waals surface area contributed by atoms with E-state index in [2.05, 4.69) is 52.1 Å². The molecule has 3 aliphatic heterocycles. The number of aryl methyl sites for hydroxylation is 3. The molecule has 1 aliphatic carbocycles. The maximum atomic E-state index is 13.0. The molecule has 3 amide bonds. The number of aromatic nitrogens is 1. The maximum absolute atomic E-state index is 13.0. The van der Waals surface area contributed by atoms with Gasteiger partial charge >= 0.3 is 0 Å². The number of phenolic OH excluding ortho intramolecular Hbond substituents is 1. The molecule has 2 N–H and O–H groups in total. The maximum Gasteiger partial charge on any atom is 0.273 e. The van der Waals surface area contributed by atoms with Gasteiger partial charge in [0.25, 0.3) is 11.8 Å². The molecular formula is C46H64ClN5O7S. The Labute approximate surface area is 364 Å². The van der Waals surface area contributed by atoms with Crippen LogP contribution in [0.1, 0.15) is 117 Å². The van der Waals surface area contributed by atoms with Crippen molar-refractivity contribution in [1.82, 2.24) is 19.7 Å². The number of aromatic hydroxyl groups is 1. The monoisotopic (exact) mass is 865 g/mol. The normalized spacial score (nSPS) is 17.7. The summed E-state index contributed by atoms with van der Waals surface area (Å²) in [4.78, 5) is 48.0. The minimum atomic E-state index is -0.255. The zero-order chi connectivity index (χ0) is 42.5. The molecule has 7 rings (SSSR count). The highest BCUT2D eigenvalue weighted by Gasteiger charge is 2.41. The number of amides is 3. The van der Waals surface area contributed by atoms with E-state index in [1.807, 2.05) is 16.3 Å². The number of morpholine rings is 1. The van der Waals surface area contributed by atoms with E-state index in [9.17, 15) is 19.5 Å². The zero-order valence-electron chi connectivity index (χ0n) is 35.8. The van der Waals surface area contributed by atoms with Gasteiger partial charge in [-0.1, -0.05) is 75.4 Å². The molecule has 0 bridgehead atoms. The van der Waals surface area contributed by atoms with Crippen LogP contribution in [0.5, 0.6) is 11.5 Å². The van der Waals surface area contributed by atoms with Crippen LogP contribution in [0.2, 0.25) is 5.02 Å². The van der Waals surface area contributed by atoms with E-state index in [4.69, 9.17) is 25.8 Å². The molecule has 4 heterocycles. The number of likely N-dealkylation sites (tertiary alicyclic amines) is 1. The Hall–Kier alpha value is -3.75. The molecule has 0 radical (unpaired) electrons. The van der Waals surface area contributed by atoms with Crippen LogP contribution in [0.25, 0.3) is 0 Å². The Kier molecular flexibility index (Phi) is 17.1. The molecule has 2 saturated heterocycles. The van der Waals surface area contributed by atoms with Gasteiger partial charge in [0.1, 0.15) is 17.1 Å². The third-order valence-electron chi connectivity index (χ3n) is 12.2. The molecule has 14 heteroatoms. The van der Waals surface area contributed by atoms with Crippen LogP contribution in [-0.2, 0) is 44.9 Å². The molecule has 0 unspecified atom stereocenters. The number of ether oxygens (including phenoxy) is 3. The molecule has 1 aromatic heterocycles. The summed E-state index contributed by atoms with van der Waals surface area (Å²) in [6, 6.07) is 10.2. The summed E-state index contributed by atoms with van der Waals surface area (Å²) >= 11 is 8.24. The van der Waals surface area contributed by atoms with Gasteiger partial charge in [0.2, 0.25) is 5.91 Å². The standard InChI is InChI=1S/C24H32ClN3O2S.C22H32N2O5/c1-3-6-18-7-5-8-19(22(18)25)15-27-11-9-24(10-12-27)17-28(13-14-30-24)23(29)20-16-31-21(4-2)26-20;1-28-14-12-20(27)24(17-8-4-5-9-17)13-6-2-3-7-16-10-11-18(25)21-22(16)29-15-19(26)23-21/h5,7-8,16H,3-4,6,9-15,17H2,1-2H3;10-11,17,25H,2-9,12-15H2,1H3,(H,23,26). The Bertz CT molecular complexity index is 1890. The number of carbonyl (C=O) groups is 3. The van der Waals surface area contributed by atoms with Crippen LogP contribution in [0, 0.1) is 0 Å². The fourth-order valence-corrected chi connectivity index (χ4v) is 9.88. The number of fused-ring (bicyclic) bond motifs is 1. The second-order valence-corrected chi connectivity index (χ2v) is 17.8. The first-order valence-corrected chi connectivity index (χ1v) is 23.3. The predicted octanol–water partition coefficient (Wildman–Crippen LogP) is 8.06. The number of hydrogen-bond acceptors (Lipinski definition) is 10. The molecular weight excluding hydrogens is 802 g/mol. The van der Waals surface area contributed by atoms with Gasteiger partial charge in [0.05, 0.1) is 36.8 Å². The minimum absolute atomic E-state index is 0.0244. The zero-order valence-corrected chi connectivity index (χ0v) is 37.3. The van der Waals surface area contributed by atoms with Crippen molar-refractivity contribution in [2.75, 3.05) is 65.0 Å². The van der Waals surface area contributed by atoms with E-state index in [0.717, 1.165) is 112 Å². The first-order chi connectivity index (χ1) is 29.1. The highest BCUT2D eigenvalue weighted by molar-refractivity contribution is 7.09. The van der Waals surface area contributed by atoms with Crippen LogP contribution in [0.4, 0.5) is 5.69 Å². The van der Waals surface area contributed by atoms with Gasteiger partial charge in [0.15, 0.2) is 12.4 Å². The lowest BCUT2D eigenvalue weighted by molar-refractivity contribution is -0.134. The fourth-order valence-electron chi connectivity index (χ4n) is 8.88. The van der Waals surface area contributed by atoms with Crippen molar-refractivity contribution in [3.8, 4) is 11.5 Å². The lowest BCUT2D eigenvalue weighted by Crippen LogP contribution is -2.58. The molecule has 60 heavy (non-hydrogen) atoms. The van der Waals surface area contributed by atoms with E-state index < -0.39 is 0 Å². The SMILES string of the molecule is CCCc1cccc(CN2CCC3(CC2)CN(C(=O)c2csc(CC)n2)CCO3)c1Cl.COCCC(=O)N(CCCCCc1ccc(O)c2c1OCC(=O)N2)C1CCCC1. The van der Waals surface area contributed by atoms with Crippen molar-refractivity contribution < 1.29 is 33.7 Å². The second kappa shape index (κ2) is 22.4. The Morgan fingerprint density at radius 3 is 2.57 bits per heavy atom. The van der Waals surface area contributed by atoms with Crippen LogP contribution in [0.3, 0.4) is 0 Å². The summed E-state index contributed by atoms with van der Waals surface area (Å²) in [7, 11) is 1.63. The molecule has 0 atom stereocenters. The van der Waals surface area contributed by atoms with Gasteiger partial charge in [-0.25, -0.2) is 4.98 Å². The molecule has 1 spiro atoms.